The topological polar surface area (TPSA) is 40.5 Å². The lowest BCUT2D eigenvalue weighted by molar-refractivity contribution is 0.471. The minimum absolute atomic E-state index is 0.234. The molecule has 2 aromatic rings. The molecule has 2 N–H and O–H groups in total. The summed E-state index contributed by atoms with van der Waals surface area (Å²) in [6, 6.07) is 5.48. The Morgan fingerprint density at radius 2 is 1.47 bits per heavy atom. The fourth-order valence-electron chi connectivity index (χ4n) is 1.39. The van der Waals surface area contributed by atoms with Crippen LogP contribution in [0, 0.1) is 10.7 Å². The molecule has 78 valence electrons. The molecule has 0 saturated carbocycles. The van der Waals surface area contributed by atoms with Crippen LogP contribution in [-0.2, 0) is 0 Å². The molecular weight excluding hydrogens is 533 g/mol. The Labute approximate surface area is 127 Å². The highest BCUT2D eigenvalue weighted by atomic mass is 127. The zero-order valence-electron chi connectivity index (χ0n) is 7.26. The molecule has 5 heteroatoms. The van der Waals surface area contributed by atoms with Gasteiger partial charge >= 0.3 is 0 Å². The van der Waals surface area contributed by atoms with Crippen LogP contribution in [0.4, 0.5) is 0 Å². The summed E-state index contributed by atoms with van der Waals surface area (Å²) in [5.74, 6) is 0.474. The Morgan fingerprint density at radius 1 is 0.800 bits per heavy atom. The first-order chi connectivity index (χ1) is 7.02. The quantitative estimate of drug-likeness (QED) is 0.498. The van der Waals surface area contributed by atoms with Crippen LogP contribution in [0.2, 0.25) is 0 Å². The number of hydrogen-bond acceptors (Lipinski definition) is 2. The summed E-state index contributed by atoms with van der Waals surface area (Å²) >= 11 is 6.32. The van der Waals surface area contributed by atoms with Crippen LogP contribution in [0.1, 0.15) is 0 Å². The molecule has 0 aliphatic heterocycles. The monoisotopic (exact) mass is 538 g/mol. The number of hydrogen-bond donors (Lipinski definition) is 2. The van der Waals surface area contributed by atoms with Gasteiger partial charge in [0.2, 0.25) is 0 Å². The summed E-state index contributed by atoms with van der Waals surface area (Å²) in [4.78, 5) is 0. The maximum absolute atomic E-state index is 9.93. The number of halogens is 3. The lowest BCUT2D eigenvalue weighted by atomic mass is 10.1. The Hall–Kier alpha value is 0.490. The van der Waals surface area contributed by atoms with Gasteiger partial charge in [0.1, 0.15) is 11.5 Å². The van der Waals surface area contributed by atoms with Gasteiger partial charge in [0.25, 0.3) is 0 Å². The standard InChI is InChI=1S/C10H5I3O2/c11-5-2-1-4-8(10(5)15)6(12)3-7(13)9(4)14/h1-3,14-15H. The van der Waals surface area contributed by atoms with E-state index in [2.05, 4.69) is 67.8 Å². The van der Waals surface area contributed by atoms with E-state index in [0.29, 0.717) is 5.39 Å². The third-order valence-electron chi connectivity index (χ3n) is 2.10. The molecule has 0 amide bonds. The molecule has 0 unspecified atom stereocenters. The number of aromatic hydroxyl groups is 2. The second-order valence-corrected chi connectivity index (χ2v) is 6.49. The first kappa shape index (κ1) is 12.0. The molecule has 0 fully saturated rings. The number of benzene rings is 2. The highest BCUT2D eigenvalue weighted by molar-refractivity contribution is 14.1. The number of phenols is 2. The van der Waals surface area contributed by atoms with Gasteiger partial charge in [-0.1, -0.05) is 0 Å². The SMILES string of the molecule is Oc1c(I)cc(I)c2c(O)c(I)ccc12. The Morgan fingerprint density at radius 3 is 2.13 bits per heavy atom. The molecular formula is C10H5I3O2. The minimum Gasteiger partial charge on any atom is -0.506 e. The van der Waals surface area contributed by atoms with E-state index >= 15 is 0 Å². The van der Waals surface area contributed by atoms with Gasteiger partial charge in [-0.3, -0.25) is 0 Å². The van der Waals surface area contributed by atoms with E-state index in [1.54, 1.807) is 6.07 Å². The molecule has 0 radical (unpaired) electrons. The predicted octanol–water partition coefficient (Wildman–Crippen LogP) is 4.06. The first-order valence-electron chi connectivity index (χ1n) is 4.00. The van der Waals surface area contributed by atoms with E-state index in [4.69, 9.17) is 0 Å². The molecule has 0 atom stereocenters. The van der Waals surface area contributed by atoms with Gasteiger partial charge in [-0.05, 0) is 86.0 Å². The van der Waals surface area contributed by atoms with Crippen LogP contribution in [0.3, 0.4) is 0 Å². The fourth-order valence-corrected chi connectivity index (χ4v) is 3.89. The van der Waals surface area contributed by atoms with Crippen molar-refractivity contribution in [2.45, 2.75) is 0 Å². The summed E-state index contributed by atoms with van der Waals surface area (Å²) in [6.07, 6.45) is 0. The highest BCUT2D eigenvalue weighted by Crippen LogP contribution is 2.39. The van der Waals surface area contributed by atoms with Crippen LogP contribution in [0.25, 0.3) is 10.8 Å². The Bertz CT molecular complexity index is 552. The molecule has 0 aliphatic rings. The summed E-state index contributed by atoms with van der Waals surface area (Å²) in [7, 11) is 0. The van der Waals surface area contributed by atoms with Crippen LogP contribution in [-0.4, -0.2) is 10.2 Å². The van der Waals surface area contributed by atoms with Crippen molar-refractivity contribution in [1.29, 1.82) is 0 Å². The van der Waals surface area contributed by atoms with Gasteiger partial charge in [-0.25, -0.2) is 0 Å². The van der Waals surface area contributed by atoms with Gasteiger partial charge in [-0.2, -0.15) is 0 Å². The molecule has 0 aliphatic carbocycles. The van der Waals surface area contributed by atoms with Crippen molar-refractivity contribution in [1.82, 2.24) is 0 Å². The lowest BCUT2D eigenvalue weighted by Crippen LogP contribution is -1.86. The molecule has 0 bridgehead atoms. The second kappa shape index (κ2) is 4.40. The Kier molecular flexibility index (Phi) is 3.51. The van der Waals surface area contributed by atoms with Crippen molar-refractivity contribution in [3.8, 4) is 11.5 Å². The molecule has 0 aromatic heterocycles. The fraction of sp³-hybridized carbons (Fsp3) is 0. The predicted molar refractivity (Wildman–Crippen MR) is 85.4 cm³/mol. The molecule has 0 spiro atoms. The van der Waals surface area contributed by atoms with Gasteiger partial charge in [-0.15, -0.1) is 0 Å². The maximum atomic E-state index is 9.93. The molecule has 0 saturated heterocycles. The zero-order chi connectivity index (χ0) is 11.2. The van der Waals surface area contributed by atoms with E-state index in [9.17, 15) is 10.2 Å². The van der Waals surface area contributed by atoms with Crippen molar-refractivity contribution in [2.24, 2.45) is 0 Å². The van der Waals surface area contributed by atoms with Crippen LogP contribution < -0.4 is 0 Å². The number of fused-ring (bicyclic) bond motifs is 1. The van der Waals surface area contributed by atoms with Gasteiger partial charge < -0.3 is 10.2 Å². The molecule has 2 nitrogen and oxygen atoms in total. The van der Waals surface area contributed by atoms with E-state index < -0.39 is 0 Å². The third-order valence-corrected chi connectivity index (χ3v) is 4.65. The zero-order valence-corrected chi connectivity index (χ0v) is 13.7. The first-order valence-corrected chi connectivity index (χ1v) is 7.24. The van der Waals surface area contributed by atoms with E-state index in [1.807, 2.05) is 12.1 Å². The van der Waals surface area contributed by atoms with E-state index in [-0.39, 0.29) is 11.5 Å². The largest absolute Gasteiger partial charge is 0.506 e. The van der Waals surface area contributed by atoms with Crippen molar-refractivity contribution < 1.29 is 10.2 Å². The van der Waals surface area contributed by atoms with Crippen molar-refractivity contribution in [2.75, 3.05) is 0 Å². The summed E-state index contributed by atoms with van der Waals surface area (Å²) in [6.45, 7) is 0. The number of rotatable bonds is 0. The molecule has 15 heavy (non-hydrogen) atoms. The lowest BCUT2D eigenvalue weighted by Gasteiger charge is -2.08. The Balaban J connectivity index is 3.03. The average Bonchev–Trinajstić information content (AvgIpc) is 2.18. The smallest absolute Gasteiger partial charge is 0.137 e. The van der Waals surface area contributed by atoms with Crippen LogP contribution in [0.5, 0.6) is 11.5 Å². The van der Waals surface area contributed by atoms with E-state index in [0.717, 1.165) is 16.1 Å². The van der Waals surface area contributed by atoms with Crippen molar-refractivity contribution >= 4 is 78.5 Å². The highest BCUT2D eigenvalue weighted by Gasteiger charge is 2.13. The van der Waals surface area contributed by atoms with Crippen molar-refractivity contribution in [3.63, 3.8) is 0 Å². The normalized spacial score (nSPS) is 10.9. The summed E-state index contributed by atoms with van der Waals surface area (Å²) < 4.78 is 2.53. The summed E-state index contributed by atoms with van der Waals surface area (Å²) in [5, 5.41) is 21.2. The molecule has 0 heterocycles. The average molecular weight is 538 g/mol. The van der Waals surface area contributed by atoms with Crippen LogP contribution in [0.15, 0.2) is 18.2 Å². The maximum Gasteiger partial charge on any atom is 0.137 e. The van der Waals surface area contributed by atoms with Crippen molar-refractivity contribution in [3.05, 3.63) is 28.9 Å². The molecule has 2 aromatic carbocycles. The third kappa shape index (κ3) is 2.02. The summed E-state index contributed by atoms with van der Waals surface area (Å²) in [5.41, 5.74) is 0. The van der Waals surface area contributed by atoms with Gasteiger partial charge in [0.15, 0.2) is 0 Å². The van der Waals surface area contributed by atoms with Gasteiger partial charge in [0.05, 0.1) is 7.14 Å². The number of phenolic OH excluding ortho intramolecular Hbond substituents is 2. The van der Waals surface area contributed by atoms with Gasteiger partial charge in [0, 0.05) is 14.3 Å². The molecule has 2 rings (SSSR count). The second-order valence-electron chi connectivity index (χ2n) is 3.01. The minimum atomic E-state index is 0.234. The van der Waals surface area contributed by atoms with Crippen LogP contribution >= 0.6 is 67.8 Å². The van der Waals surface area contributed by atoms with E-state index in [1.165, 1.54) is 0 Å².